The summed E-state index contributed by atoms with van der Waals surface area (Å²) in [5.74, 6) is 1.21. The number of aliphatic imine (C=N–C) groups is 1. The Balaban J connectivity index is 2.57. The fraction of sp³-hybridized carbons (Fsp3) is 0.882. The largest absolute Gasteiger partial charge is 0.444 e. The molecule has 26 heavy (non-hydrogen) atoms. The van der Waals surface area contributed by atoms with Crippen molar-refractivity contribution < 1.29 is 17.9 Å². The maximum Gasteiger partial charge on any atom is 0.408 e. The molecule has 152 valence electrons. The van der Waals surface area contributed by atoms with Crippen molar-refractivity contribution in [3.8, 4) is 0 Å². The van der Waals surface area contributed by atoms with Crippen molar-refractivity contribution in [2.45, 2.75) is 59.1 Å². The van der Waals surface area contributed by atoms with E-state index in [1.807, 2.05) is 41.5 Å². The Morgan fingerprint density at radius 2 is 1.85 bits per heavy atom. The number of hydrogen-bond donors (Lipinski definition) is 3. The first-order valence-electron chi connectivity index (χ1n) is 9.06. The smallest absolute Gasteiger partial charge is 0.408 e. The van der Waals surface area contributed by atoms with Crippen molar-refractivity contribution in [3.63, 3.8) is 0 Å². The number of rotatable bonds is 6. The van der Waals surface area contributed by atoms with E-state index in [0.29, 0.717) is 32.0 Å². The van der Waals surface area contributed by atoms with E-state index in [2.05, 4.69) is 20.9 Å². The third-order valence-electron chi connectivity index (χ3n) is 3.70. The number of amides is 1. The predicted molar refractivity (Wildman–Crippen MR) is 104 cm³/mol. The second kappa shape index (κ2) is 8.92. The molecule has 0 radical (unpaired) electrons. The van der Waals surface area contributed by atoms with Crippen LogP contribution in [-0.4, -0.2) is 62.8 Å². The molecule has 0 aromatic rings. The number of guanidine groups is 1. The monoisotopic (exact) mass is 390 g/mol. The molecule has 0 saturated carbocycles. The minimum atomic E-state index is -2.88. The molecule has 1 aliphatic rings. The van der Waals surface area contributed by atoms with E-state index < -0.39 is 27.1 Å². The number of carbonyl (C=O) groups is 1. The molecule has 1 fully saturated rings. The van der Waals surface area contributed by atoms with E-state index in [0.717, 1.165) is 0 Å². The summed E-state index contributed by atoms with van der Waals surface area (Å²) in [6.07, 6.45) is 0.201. The van der Waals surface area contributed by atoms with Crippen LogP contribution in [0.4, 0.5) is 4.79 Å². The Morgan fingerprint density at radius 3 is 2.35 bits per heavy atom. The maximum absolute atomic E-state index is 11.9. The zero-order valence-corrected chi connectivity index (χ0v) is 17.6. The maximum atomic E-state index is 11.9. The minimum Gasteiger partial charge on any atom is -0.444 e. The third kappa shape index (κ3) is 9.26. The zero-order valence-electron chi connectivity index (χ0n) is 16.8. The van der Waals surface area contributed by atoms with Gasteiger partial charge in [-0.3, -0.25) is 4.99 Å². The number of nitrogens with zero attached hydrogens (tertiary/aromatic N) is 1. The van der Waals surface area contributed by atoms with E-state index in [-0.39, 0.29) is 17.4 Å². The Labute approximate surface area is 157 Å². The lowest BCUT2D eigenvalue weighted by molar-refractivity contribution is 0.0476. The van der Waals surface area contributed by atoms with Crippen LogP contribution in [0.25, 0.3) is 0 Å². The first-order chi connectivity index (χ1) is 11.8. The molecule has 3 N–H and O–H groups in total. The summed E-state index contributed by atoms with van der Waals surface area (Å²) in [4.78, 5) is 16.4. The normalized spacial score (nSPS) is 20.5. The van der Waals surface area contributed by atoms with Gasteiger partial charge in [0, 0.05) is 13.1 Å². The third-order valence-corrected chi connectivity index (χ3v) is 5.54. The van der Waals surface area contributed by atoms with Gasteiger partial charge in [-0.1, -0.05) is 0 Å². The van der Waals surface area contributed by atoms with E-state index in [4.69, 9.17) is 4.74 Å². The molecule has 1 amide bonds. The Morgan fingerprint density at radius 1 is 1.19 bits per heavy atom. The zero-order chi connectivity index (χ0) is 20.0. The number of nitrogens with one attached hydrogen (secondary N) is 3. The minimum absolute atomic E-state index is 0.108. The first kappa shape index (κ1) is 22.5. The fourth-order valence-corrected chi connectivity index (χ4v) is 4.37. The van der Waals surface area contributed by atoms with E-state index >= 15 is 0 Å². The highest BCUT2D eigenvalue weighted by Crippen LogP contribution is 2.17. The molecule has 1 heterocycles. The molecule has 1 rings (SSSR count). The van der Waals surface area contributed by atoms with Crippen LogP contribution in [0.2, 0.25) is 0 Å². The Bertz CT molecular complexity index is 609. The lowest BCUT2D eigenvalue weighted by Gasteiger charge is -2.27. The van der Waals surface area contributed by atoms with Crippen molar-refractivity contribution in [3.05, 3.63) is 0 Å². The molecule has 0 aromatic carbocycles. The molecule has 1 aliphatic heterocycles. The number of carbonyl (C=O) groups excluding carboxylic acids is 1. The van der Waals surface area contributed by atoms with Crippen LogP contribution < -0.4 is 16.0 Å². The summed E-state index contributed by atoms with van der Waals surface area (Å²) < 4.78 is 28.4. The molecular weight excluding hydrogens is 356 g/mol. The van der Waals surface area contributed by atoms with Gasteiger partial charge in [-0.2, -0.15) is 0 Å². The summed E-state index contributed by atoms with van der Waals surface area (Å²) in [6, 6.07) is 0. The average Bonchev–Trinajstić information content (AvgIpc) is 2.78. The molecule has 0 aromatic heterocycles. The molecule has 1 atom stereocenters. The lowest BCUT2D eigenvalue weighted by atomic mass is 10.1. The topological polar surface area (TPSA) is 109 Å². The highest BCUT2D eigenvalue weighted by Gasteiger charge is 2.28. The standard InChI is InChI=1S/C17H34N4O4S/c1-7-18-14(19-10-13-8-9-26(23,24)11-13)20-12-17(5,6)21-15(22)25-16(2,3)4/h13H,7-12H2,1-6H3,(H,21,22)(H2,18,19,20). The first-order valence-corrected chi connectivity index (χ1v) is 10.9. The number of alkyl carbamates (subject to hydrolysis) is 1. The Hall–Kier alpha value is -1.51. The van der Waals surface area contributed by atoms with Crippen LogP contribution in [0.5, 0.6) is 0 Å². The van der Waals surface area contributed by atoms with Gasteiger partial charge in [0.05, 0.1) is 23.6 Å². The van der Waals surface area contributed by atoms with Gasteiger partial charge in [0.2, 0.25) is 0 Å². The Kier molecular flexibility index (Phi) is 7.73. The van der Waals surface area contributed by atoms with Crippen molar-refractivity contribution in [1.29, 1.82) is 0 Å². The van der Waals surface area contributed by atoms with Gasteiger partial charge in [-0.15, -0.1) is 0 Å². The lowest BCUT2D eigenvalue weighted by Crippen LogP contribution is -2.49. The molecular formula is C17H34N4O4S. The van der Waals surface area contributed by atoms with E-state index in [9.17, 15) is 13.2 Å². The van der Waals surface area contributed by atoms with Crippen LogP contribution in [0.15, 0.2) is 4.99 Å². The van der Waals surface area contributed by atoms with Gasteiger partial charge in [-0.05, 0) is 53.9 Å². The SMILES string of the molecule is CCNC(=NCC(C)(C)NC(=O)OC(C)(C)C)NCC1CCS(=O)(=O)C1. The van der Waals surface area contributed by atoms with Gasteiger partial charge in [0.25, 0.3) is 0 Å². The molecule has 9 heteroatoms. The van der Waals surface area contributed by atoms with Crippen LogP contribution >= 0.6 is 0 Å². The second-order valence-corrected chi connectivity index (χ2v) is 10.6. The van der Waals surface area contributed by atoms with Crippen molar-refractivity contribution >= 4 is 21.9 Å². The van der Waals surface area contributed by atoms with Gasteiger partial charge < -0.3 is 20.7 Å². The molecule has 0 spiro atoms. The van der Waals surface area contributed by atoms with Crippen molar-refractivity contribution in [1.82, 2.24) is 16.0 Å². The van der Waals surface area contributed by atoms with Crippen LogP contribution in [-0.2, 0) is 14.6 Å². The summed E-state index contributed by atoms with van der Waals surface area (Å²) in [6.45, 7) is 12.7. The summed E-state index contributed by atoms with van der Waals surface area (Å²) >= 11 is 0. The second-order valence-electron chi connectivity index (χ2n) is 8.36. The molecule has 0 bridgehead atoms. The fourth-order valence-electron chi connectivity index (χ4n) is 2.51. The van der Waals surface area contributed by atoms with Crippen LogP contribution in [0, 0.1) is 5.92 Å². The average molecular weight is 391 g/mol. The van der Waals surface area contributed by atoms with E-state index in [1.54, 1.807) is 0 Å². The highest BCUT2D eigenvalue weighted by molar-refractivity contribution is 7.91. The summed E-state index contributed by atoms with van der Waals surface area (Å²) in [5, 5.41) is 9.15. The van der Waals surface area contributed by atoms with Crippen molar-refractivity contribution in [2.24, 2.45) is 10.9 Å². The van der Waals surface area contributed by atoms with Gasteiger partial charge in [0.1, 0.15) is 5.60 Å². The summed E-state index contributed by atoms with van der Waals surface area (Å²) in [5.41, 5.74) is -1.14. The molecule has 0 aliphatic carbocycles. The van der Waals surface area contributed by atoms with Gasteiger partial charge in [-0.25, -0.2) is 13.2 Å². The van der Waals surface area contributed by atoms with Crippen LogP contribution in [0.1, 0.15) is 48.0 Å². The highest BCUT2D eigenvalue weighted by atomic mass is 32.2. The molecule has 1 saturated heterocycles. The summed E-state index contributed by atoms with van der Waals surface area (Å²) in [7, 11) is -2.88. The number of ether oxygens (including phenoxy) is 1. The number of sulfone groups is 1. The molecule has 1 unspecified atom stereocenters. The van der Waals surface area contributed by atoms with Crippen LogP contribution in [0.3, 0.4) is 0 Å². The van der Waals surface area contributed by atoms with Gasteiger partial charge in [0.15, 0.2) is 15.8 Å². The predicted octanol–water partition coefficient (Wildman–Crippen LogP) is 1.28. The van der Waals surface area contributed by atoms with E-state index in [1.165, 1.54) is 0 Å². The quantitative estimate of drug-likeness (QED) is 0.466. The molecule has 8 nitrogen and oxygen atoms in total. The number of hydrogen-bond acceptors (Lipinski definition) is 5. The van der Waals surface area contributed by atoms with Gasteiger partial charge >= 0.3 is 6.09 Å². The van der Waals surface area contributed by atoms with Crippen molar-refractivity contribution in [2.75, 3.05) is 31.1 Å².